The van der Waals surface area contributed by atoms with Gasteiger partial charge in [0, 0.05) is 49.6 Å². The number of unbranched alkanes of at least 4 members (excludes halogenated alkanes) is 1. The van der Waals surface area contributed by atoms with Gasteiger partial charge in [0.2, 0.25) is 5.92 Å². The summed E-state index contributed by atoms with van der Waals surface area (Å²) in [6.45, 7) is 4.24. The lowest BCUT2D eigenvalue weighted by Crippen LogP contribution is -2.44. The number of aliphatic carboxylic acids is 1. The van der Waals surface area contributed by atoms with Crippen LogP contribution in [0.4, 0.5) is 24.8 Å². The number of halogens is 3. The summed E-state index contributed by atoms with van der Waals surface area (Å²) in [5.74, 6) is -2.47. The average molecular weight is 571 g/mol. The number of rotatable bonds is 13. The van der Waals surface area contributed by atoms with Gasteiger partial charge in [-0.3, -0.25) is 0 Å². The van der Waals surface area contributed by atoms with Gasteiger partial charge in [-0.1, -0.05) is 6.07 Å². The molecule has 1 atom stereocenters. The zero-order valence-electron chi connectivity index (χ0n) is 23.3. The molecular weight excluding hydrogens is 533 g/mol. The van der Waals surface area contributed by atoms with Crippen molar-refractivity contribution in [2.45, 2.75) is 70.3 Å². The van der Waals surface area contributed by atoms with Crippen LogP contribution in [0.15, 0.2) is 30.3 Å². The lowest BCUT2D eigenvalue weighted by molar-refractivity contribution is -0.138. The molecule has 1 aliphatic carbocycles. The van der Waals surface area contributed by atoms with Crippen molar-refractivity contribution in [2.24, 2.45) is 5.92 Å². The van der Waals surface area contributed by atoms with Crippen molar-refractivity contribution in [1.29, 1.82) is 0 Å². The van der Waals surface area contributed by atoms with Crippen molar-refractivity contribution in [1.82, 2.24) is 19.9 Å². The Kier molecular flexibility index (Phi) is 8.91. The van der Waals surface area contributed by atoms with Gasteiger partial charge >= 0.3 is 5.97 Å². The van der Waals surface area contributed by atoms with E-state index in [-0.39, 0.29) is 25.2 Å². The molecule has 0 radical (unpaired) electrons. The molecule has 5 rings (SSSR count). The molecule has 3 aromatic rings. The van der Waals surface area contributed by atoms with Gasteiger partial charge in [0.25, 0.3) is 0 Å². The Morgan fingerprint density at radius 2 is 2.00 bits per heavy atom. The number of nitrogens with zero attached hydrogens (tertiary/aromatic N) is 4. The summed E-state index contributed by atoms with van der Waals surface area (Å²) < 4.78 is 40.8. The van der Waals surface area contributed by atoms with Crippen molar-refractivity contribution in [3.63, 3.8) is 0 Å². The first-order valence-corrected chi connectivity index (χ1v) is 14.4. The highest BCUT2D eigenvalue weighted by Crippen LogP contribution is 2.42. The summed E-state index contributed by atoms with van der Waals surface area (Å²) in [6, 6.07) is 7.36. The Labute approximate surface area is 237 Å². The van der Waals surface area contributed by atoms with Crippen LogP contribution in [0.5, 0.6) is 0 Å². The summed E-state index contributed by atoms with van der Waals surface area (Å²) in [5, 5.41) is 16.9. The minimum absolute atomic E-state index is 0.0991. The van der Waals surface area contributed by atoms with Gasteiger partial charge in [0.05, 0.1) is 5.52 Å². The van der Waals surface area contributed by atoms with Gasteiger partial charge in [-0.15, -0.1) is 0 Å². The van der Waals surface area contributed by atoms with Gasteiger partial charge < -0.3 is 20.6 Å². The fraction of sp³-hybridized carbons (Fsp3) is 0.533. The van der Waals surface area contributed by atoms with E-state index < -0.39 is 23.8 Å². The normalized spacial score (nSPS) is 17.1. The van der Waals surface area contributed by atoms with Gasteiger partial charge in [-0.05, 0) is 81.7 Å². The third kappa shape index (κ3) is 7.63. The van der Waals surface area contributed by atoms with Crippen molar-refractivity contribution >= 4 is 28.5 Å². The summed E-state index contributed by atoms with van der Waals surface area (Å²) in [6.07, 6.45) is 4.73. The van der Waals surface area contributed by atoms with E-state index in [1.165, 1.54) is 23.8 Å². The first-order valence-electron chi connectivity index (χ1n) is 14.4. The van der Waals surface area contributed by atoms with Crippen molar-refractivity contribution in [3.05, 3.63) is 53.2 Å². The molecule has 1 aromatic carbocycles. The predicted molar refractivity (Wildman–Crippen MR) is 152 cm³/mol. The smallest absolute Gasteiger partial charge is 0.326 e. The second-order valence-corrected chi connectivity index (χ2v) is 11.3. The highest BCUT2D eigenvalue weighted by atomic mass is 19.3. The van der Waals surface area contributed by atoms with E-state index in [2.05, 4.69) is 37.6 Å². The molecule has 220 valence electrons. The van der Waals surface area contributed by atoms with Crippen LogP contribution in [0.3, 0.4) is 0 Å². The average Bonchev–Trinajstić information content (AvgIpc) is 2.91. The minimum Gasteiger partial charge on any atom is -0.480 e. The Balaban J connectivity index is 1.20. The molecule has 8 nitrogen and oxygen atoms in total. The molecule has 1 saturated carbocycles. The standard InChI is InChI=1S/C30H37F3N6O2/c1-19-35-26-15-22(31)8-10-24(26)28(36-19)38-25(29(40)41)11-14-39(18-20-16-30(32,33)17-20)13-3-2-6-23-9-7-21-5-4-12-34-27(21)37-23/h7-10,15,20,25H,2-6,11-14,16-18H2,1H3,(H,34,37)(H,40,41)(H,35,36,38)/t25-/m0/s1. The van der Waals surface area contributed by atoms with Crippen LogP contribution in [0.2, 0.25) is 0 Å². The number of alkyl halides is 2. The third-order valence-corrected chi connectivity index (χ3v) is 7.91. The molecule has 2 aromatic heterocycles. The van der Waals surface area contributed by atoms with Crippen LogP contribution >= 0.6 is 0 Å². The quantitative estimate of drug-likeness (QED) is 0.233. The molecule has 2 aliphatic rings. The first-order chi connectivity index (χ1) is 19.6. The lowest BCUT2D eigenvalue weighted by atomic mass is 9.81. The number of fused-ring (bicyclic) bond motifs is 2. The summed E-state index contributed by atoms with van der Waals surface area (Å²) in [7, 11) is 0. The van der Waals surface area contributed by atoms with Crippen LogP contribution < -0.4 is 10.6 Å². The summed E-state index contributed by atoms with van der Waals surface area (Å²) >= 11 is 0. The van der Waals surface area contributed by atoms with Crippen molar-refractivity contribution < 1.29 is 23.1 Å². The van der Waals surface area contributed by atoms with Gasteiger partial charge in [-0.2, -0.15) is 0 Å². The molecule has 1 fully saturated rings. The zero-order chi connectivity index (χ0) is 29.0. The molecule has 3 N–H and O–H groups in total. The molecule has 0 amide bonds. The van der Waals surface area contributed by atoms with E-state index in [1.54, 1.807) is 6.92 Å². The van der Waals surface area contributed by atoms with Crippen LogP contribution in [-0.2, 0) is 17.6 Å². The van der Waals surface area contributed by atoms with Gasteiger partial charge in [0.15, 0.2) is 0 Å². The highest BCUT2D eigenvalue weighted by Gasteiger charge is 2.45. The van der Waals surface area contributed by atoms with E-state index in [1.807, 2.05) is 0 Å². The van der Waals surface area contributed by atoms with E-state index in [9.17, 15) is 23.1 Å². The van der Waals surface area contributed by atoms with Crippen molar-refractivity contribution in [2.75, 3.05) is 36.8 Å². The number of aromatic nitrogens is 3. The molecule has 11 heteroatoms. The molecule has 1 aliphatic heterocycles. The van der Waals surface area contributed by atoms with E-state index >= 15 is 0 Å². The van der Waals surface area contributed by atoms with Gasteiger partial charge in [-0.25, -0.2) is 32.9 Å². The topological polar surface area (TPSA) is 103 Å². The van der Waals surface area contributed by atoms with E-state index in [0.717, 1.165) is 50.2 Å². The molecule has 0 spiro atoms. The SMILES string of the molecule is Cc1nc(N[C@@H](CCN(CCCCc2ccc3c(n2)NCCC3)CC2CC(F)(F)C2)C(=O)O)c2ccc(F)cc2n1. The van der Waals surface area contributed by atoms with Gasteiger partial charge in [0.1, 0.15) is 29.3 Å². The molecular formula is C30H37F3N6O2. The number of benzene rings is 1. The van der Waals surface area contributed by atoms with E-state index in [0.29, 0.717) is 42.2 Å². The predicted octanol–water partition coefficient (Wildman–Crippen LogP) is 5.46. The largest absolute Gasteiger partial charge is 0.480 e. The number of hydrogen-bond acceptors (Lipinski definition) is 7. The van der Waals surface area contributed by atoms with E-state index in [4.69, 9.17) is 4.98 Å². The maximum absolute atomic E-state index is 13.7. The highest BCUT2D eigenvalue weighted by molar-refractivity contribution is 5.91. The summed E-state index contributed by atoms with van der Waals surface area (Å²) in [4.78, 5) is 27.7. The molecule has 41 heavy (non-hydrogen) atoms. The van der Waals surface area contributed by atoms with Crippen LogP contribution in [0.25, 0.3) is 10.9 Å². The Bertz CT molecular complexity index is 1370. The van der Waals surface area contributed by atoms with Crippen LogP contribution in [0, 0.1) is 18.7 Å². The van der Waals surface area contributed by atoms with Crippen molar-refractivity contribution in [3.8, 4) is 0 Å². The Morgan fingerprint density at radius 3 is 2.78 bits per heavy atom. The third-order valence-electron chi connectivity index (χ3n) is 7.91. The Morgan fingerprint density at radius 1 is 1.17 bits per heavy atom. The monoisotopic (exact) mass is 570 g/mol. The first kappa shape index (κ1) is 29.0. The summed E-state index contributed by atoms with van der Waals surface area (Å²) in [5.41, 5.74) is 2.67. The number of aryl methyl sites for hydroxylation is 3. The number of carboxylic acids is 1. The zero-order valence-corrected chi connectivity index (χ0v) is 23.3. The second-order valence-electron chi connectivity index (χ2n) is 11.3. The Hall–Kier alpha value is -3.47. The number of anilines is 2. The lowest BCUT2D eigenvalue weighted by Gasteiger charge is -2.38. The maximum Gasteiger partial charge on any atom is 0.326 e. The molecule has 0 bridgehead atoms. The number of carboxylic acid groups (broad SMARTS) is 1. The minimum atomic E-state index is -2.60. The van der Waals surface area contributed by atoms with Crippen LogP contribution in [-0.4, -0.2) is 69.1 Å². The number of hydrogen-bond donors (Lipinski definition) is 3. The fourth-order valence-corrected chi connectivity index (χ4v) is 5.79. The fourth-order valence-electron chi connectivity index (χ4n) is 5.79. The number of pyridine rings is 1. The van der Waals surface area contributed by atoms with Crippen LogP contribution in [0.1, 0.15) is 55.6 Å². The molecule has 3 heterocycles. The molecule has 0 saturated heterocycles. The number of nitrogens with one attached hydrogen (secondary N) is 2. The molecule has 0 unspecified atom stereocenters. The maximum atomic E-state index is 13.7. The number of carbonyl (C=O) groups is 1. The second kappa shape index (κ2) is 12.6.